The lowest BCUT2D eigenvalue weighted by atomic mass is 10.2. The third-order valence-electron chi connectivity index (χ3n) is 2.02. The van der Waals surface area contributed by atoms with E-state index in [4.69, 9.17) is 10.4 Å². The largest absolute Gasteiger partial charge is 0.504 e. The summed E-state index contributed by atoms with van der Waals surface area (Å²) in [5, 5.41) is 26.6. The maximum atomic E-state index is 11.3. The molecule has 0 heterocycles. The second kappa shape index (κ2) is 5.51. The first-order chi connectivity index (χ1) is 8.08. The highest BCUT2D eigenvalue weighted by Gasteiger charge is 2.14. The third kappa shape index (κ3) is 3.21. The number of hydrogen-bond donors (Lipinski definition) is 2. The number of hydrogen-bond acceptors (Lipinski definition) is 5. The Morgan fingerprint density at radius 1 is 1.35 bits per heavy atom. The molecule has 2 N–H and O–H groups in total. The molecular weight excluding hydrogens is 224 g/mol. The van der Waals surface area contributed by atoms with Crippen LogP contribution in [-0.2, 0) is 16.1 Å². The van der Waals surface area contributed by atoms with Gasteiger partial charge in [-0.05, 0) is 17.7 Å². The fraction of sp³-hybridized carbons (Fsp3) is 0.182. The van der Waals surface area contributed by atoms with Gasteiger partial charge in [-0.15, -0.1) is 0 Å². The zero-order valence-corrected chi connectivity index (χ0v) is 8.75. The number of rotatable bonds is 4. The highest BCUT2D eigenvalue weighted by molar-refractivity contribution is 5.87. The minimum absolute atomic E-state index is 0.113. The van der Waals surface area contributed by atoms with Crippen molar-refractivity contribution in [2.24, 2.45) is 0 Å². The van der Waals surface area contributed by atoms with Gasteiger partial charge in [-0.25, -0.2) is 0 Å². The predicted molar refractivity (Wildman–Crippen MR) is 56.2 cm³/mol. The van der Waals surface area contributed by atoms with Crippen molar-refractivity contribution in [3.8, 4) is 17.6 Å². The van der Waals surface area contributed by atoms with E-state index in [9.17, 15) is 14.7 Å². The summed E-state index contributed by atoms with van der Waals surface area (Å²) >= 11 is 0. The van der Waals surface area contributed by atoms with Crippen LogP contribution in [0.1, 0.15) is 12.0 Å². The summed E-state index contributed by atoms with van der Waals surface area (Å²) in [6.45, 7) is -0.113. The molecule has 17 heavy (non-hydrogen) atoms. The minimum Gasteiger partial charge on any atom is -0.504 e. The van der Waals surface area contributed by atoms with E-state index in [2.05, 4.69) is 0 Å². The molecule has 87 valence electrons. The van der Waals surface area contributed by atoms with Crippen LogP contribution in [0.15, 0.2) is 18.2 Å². The number of carbonyl (C=O) groups is 1. The van der Waals surface area contributed by atoms with Crippen LogP contribution in [-0.4, -0.2) is 27.4 Å². The fourth-order valence-electron chi connectivity index (χ4n) is 1.18. The Morgan fingerprint density at radius 3 is 2.59 bits per heavy atom. The summed E-state index contributed by atoms with van der Waals surface area (Å²) in [6.07, 6.45) is 0.990. The predicted octanol–water partition coefficient (Wildman–Crippen LogP) is 0.407. The van der Waals surface area contributed by atoms with Gasteiger partial charge in [0.05, 0.1) is 12.6 Å². The van der Waals surface area contributed by atoms with Crippen LogP contribution in [0.25, 0.3) is 0 Å². The second-order valence-corrected chi connectivity index (χ2v) is 3.23. The van der Waals surface area contributed by atoms with E-state index in [1.807, 2.05) is 0 Å². The van der Waals surface area contributed by atoms with E-state index >= 15 is 0 Å². The lowest BCUT2D eigenvalue weighted by molar-refractivity contribution is -0.126. The normalized spacial score (nSPS) is 9.35. The standard InChI is InChI=1S/C11H9N2O4/c12-4-3-11(17)13(7-14)6-8-1-2-9(15)10(16)5-8/h1-2,5,15-16H,3,6H2. The first kappa shape index (κ1) is 12.5. The van der Waals surface area contributed by atoms with Gasteiger partial charge in [-0.2, -0.15) is 5.26 Å². The summed E-state index contributed by atoms with van der Waals surface area (Å²) in [4.78, 5) is 22.5. The lowest BCUT2D eigenvalue weighted by Gasteiger charge is -2.13. The Kier molecular flexibility index (Phi) is 4.06. The fourth-order valence-corrected chi connectivity index (χ4v) is 1.18. The number of phenolic OH excluding ortho intramolecular Hbond substituents is 2. The van der Waals surface area contributed by atoms with Crippen LogP contribution < -0.4 is 0 Å². The molecule has 0 saturated heterocycles. The zero-order valence-electron chi connectivity index (χ0n) is 8.75. The van der Waals surface area contributed by atoms with Crippen molar-refractivity contribution in [3.05, 3.63) is 23.8 Å². The van der Waals surface area contributed by atoms with Crippen molar-refractivity contribution in [2.75, 3.05) is 0 Å². The van der Waals surface area contributed by atoms with E-state index in [-0.39, 0.29) is 18.0 Å². The van der Waals surface area contributed by atoms with Crippen molar-refractivity contribution in [1.82, 2.24) is 4.90 Å². The topological polar surface area (TPSA) is 102 Å². The molecule has 0 unspecified atom stereocenters. The molecule has 0 aliphatic rings. The molecule has 2 amide bonds. The van der Waals surface area contributed by atoms with Crippen LogP contribution in [0.4, 0.5) is 0 Å². The maximum Gasteiger partial charge on any atom is 0.319 e. The number of imide groups is 1. The first-order valence-electron chi connectivity index (χ1n) is 4.64. The van der Waals surface area contributed by atoms with E-state index in [1.165, 1.54) is 24.6 Å². The summed E-state index contributed by atoms with van der Waals surface area (Å²) < 4.78 is 0. The van der Waals surface area contributed by atoms with Crippen LogP contribution >= 0.6 is 0 Å². The SMILES string of the molecule is N#CCC(=O)N([C]=O)Cc1ccc(O)c(O)c1. The summed E-state index contributed by atoms with van der Waals surface area (Å²) in [5.41, 5.74) is 0.440. The molecule has 1 aromatic rings. The van der Waals surface area contributed by atoms with Gasteiger partial charge < -0.3 is 10.2 Å². The Labute approximate surface area is 97.3 Å². The van der Waals surface area contributed by atoms with Gasteiger partial charge >= 0.3 is 6.41 Å². The van der Waals surface area contributed by atoms with Crippen molar-refractivity contribution >= 4 is 12.3 Å². The number of aromatic hydroxyl groups is 2. The van der Waals surface area contributed by atoms with Gasteiger partial charge in [0.25, 0.3) is 0 Å². The lowest BCUT2D eigenvalue weighted by Crippen LogP contribution is -2.28. The number of carbonyl (C=O) groups excluding carboxylic acids is 2. The molecule has 0 aliphatic carbocycles. The number of nitriles is 1. The molecule has 1 aromatic carbocycles. The highest BCUT2D eigenvalue weighted by Crippen LogP contribution is 2.25. The molecular formula is C11H9N2O4. The van der Waals surface area contributed by atoms with Crippen LogP contribution in [0.5, 0.6) is 11.5 Å². The number of amides is 2. The number of phenols is 2. The van der Waals surface area contributed by atoms with E-state index in [1.54, 1.807) is 6.07 Å². The zero-order chi connectivity index (χ0) is 12.8. The molecule has 0 aliphatic heterocycles. The second-order valence-electron chi connectivity index (χ2n) is 3.23. The maximum absolute atomic E-state index is 11.3. The van der Waals surface area contributed by atoms with Gasteiger partial charge in [0.15, 0.2) is 11.5 Å². The number of benzene rings is 1. The van der Waals surface area contributed by atoms with Crippen molar-refractivity contribution in [2.45, 2.75) is 13.0 Å². The van der Waals surface area contributed by atoms with Gasteiger partial charge in [-0.3, -0.25) is 14.5 Å². The smallest absolute Gasteiger partial charge is 0.319 e. The monoisotopic (exact) mass is 233 g/mol. The van der Waals surface area contributed by atoms with Crippen LogP contribution in [0.2, 0.25) is 0 Å². The van der Waals surface area contributed by atoms with E-state index < -0.39 is 12.3 Å². The molecule has 0 aromatic heterocycles. The molecule has 0 spiro atoms. The highest BCUT2D eigenvalue weighted by atomic mass is 16.3. The van der Waals surface area contributed by atoms with Crippen molar-refractivity contribution < 1.29 is 19.8 Å². The van der Waals surface area contributed by atoms with Gasteiger partial charge in [-0.1, -0.05) is 6.07 Å². The van der Waals surface area contributed by atoms with Crippen LogP contribution in [0.3, 0.4) is 0 Å². The Bertz CT molecular complexity index is 479. The average molecular weight is 233 g/mol. The summed E-state index contributed by atoms with van der Waals surface area (Å²) in [7, 11) is 0. The molecule has 0 atom stereocenters. The molecule has 6 nitrogen and oxygen atoms in total. The number of nitrogens with zero attached hydrogens (tertiary/aromatic N) is 2. The van der Waals surface area contributed by atoms with Crippen molar-refractivity contribution in [1.29, 1.82) is 5.26 Å². The van der Waals surface area contributed by atoms with Gasteiger partial charge in [0, 0.05) is 0 Å². The molecule has 1 rings (SSSR count). The molecule has 1 radical (unpaired) electrons. The van der Waals surface area contributed by atoms with E-state index in [0.717, 1.165) is 0 Å². The van der Waals surface area contributed by atoms with Gasteiger partial charge in [0.1, 0.15) is 6.42 Å². The Morgan fingerprint density at radius 2 is 2.06 bits per heavy atom. The average Bonchev–Trinajstić information content (AvgIpc) is 2.30. The Balaban J connectivity index is 2.81. The first-order valence-corrected chi connectivity index (χ1v) is 4.64. The van der Waals surface area contributed by atoms with Crippen LogP contribution in [0, 0.1) is 11.3 Å². The minimum atomic E-state index is -0.671. The molecule has 0 fully saturated rings. The van der Waals surface area contributed by atoms with Crippen molar-refractivity contribution in [3.63, 3.8) is 0 Å². The molecule has 0 saturated carbocycles. The van der Waals surface area contributed by atoms with E-state index in [0.29, 0.717) is 10.5 Å². The quantitative estimate of drug-likeness (QED) is 0.579. The molecule has 0 bridgehead atoms. The molecule has 6 heteroatoms. The third-order valence-corrected chi connectivity index (χ3v) is 2.02. The summed E-state index contributed by atoms with van der Waals surface area (Å²) in [5.74, 6) is -1.31. The van der Waals surface area contributed by atoms with Gasteiger partial charge in [0.2, 0.25) is 5.91 Å². The Hall–Kier alpha value is -2.55. The summed E-state index contributed by atoms with van der Waals surface area (Å²) in [6, 6.07) is 5.53.